The highest BCUT2D eigenvalue weighted by Crippen LogP contribution is 2.36. The summed E-state index contributed by atoms with van der Waals surface area (Å²) in [7, 11) is 0. The average molecular weight is 1820 g/mol. The Balaban J connectivity index is 1.28. The monoisotopic (exact) mass is 1820 g/mol. The highest BCUT2D eigenvalue weighted by atomic mass is 16.8. The predicted molar refractivity (Wildman–Crippen MR) is 516 cm³/mol. The summed E-state index contributed by atoms with van der Waals surface area (Å²) < 4.78 is 37.1. The SMILES string of the molecule is CCCCCCCCCCCCCCCCCCN(CCCCCCCCCCCCCCCCCC)CC(=O)CCC(=O)NCC1O[C@H](O[C@@H]2C(O)[C@H](O[C@@H]3C(O)[C@H](N)CC(N)[C@@H]3O[C@@H]3OC(NC(=O)CCC(=O)N(CCCCCCCCCCCCCCCCCC)CCCCCCCCCCCCCCCCCC)[C@H](O)[C@H](O)C3N)O[C@@H]2CO)[C@H](N)C(O)[C@@H]1O. The van der Waals surface area contributed by atoms with E-state index in [1.165, 1.54) is 347 Å². The number of aliphatic hydroxyl groups is 7. The van der Waals surface area contributed by atoms with Crippen molar-refractivity contribution in [3.63, 3.8) is 0 Å². The molecule has 3 amide bonds. The molecule has 3 aliphatic heterocycles. The van der Waals surface area contributed by atoms with Crippen molar-refractivity contribution in [2.75, 3.05) is 45.9 Å². The fraction of sp³-hybridized carbons (Fsp3) is 0.961. The van der Waals surface area contributed by atoms with Gasteiger partial charge in [-0.25, -0.2) is 0 Å². The van der Waals surface area contributed by atoms with Crippen LogP contribution in [0.2, 0.25) is 0 Å². The van der Waals surface area contributed by atoms with Crippen molar-refractivity contribution in [2.45, 2.75) is 587 Å². The molecular formula is C103H200N8O17. The number of hydrogen-bond donors (Lipinski definition) is 13. The average Bonchev–Trinajstić information content (AvgIpc) is 1.71. The summed E-state index contributed by atoms with van der Waals surface area (Å²) in [5.41, 5.74) is 26.0. The molecule has 3 saturated heterocycles. The number of nitrogens with two attached hydrogens (primary N) is 4. The van der Waals surface area contributed by atoms with Crippen LogP contribution in [0.5, 0.6) is 0 Å². The van der Waals surface area contributed by atoms with Gasteiger partial charge in [-0.05, 0) is 45.2 Å². The molecule has 0 aromatic carbocycles. The van der Waals surface area contributed by atoms with Crippen LogP contribution >= 0.6 is 0 Å². The van der Waals surface area contributed by atoms with Crippen LogP contribution < -0.4 is 33.6 Å². The number of ether oxygens (including phenoxy) is 6. The highest BCUT2D eigenvalue weighted by molar-refractivity contribution is 5.86. The Morgan fingerprint density at radius 3 is 1.00 bits per heavy atom. The lowest BCUT2D eigenvalue weighted by Gasteiger charge is -2.47. The number of unbranched alkanes of at least 4 members (excludes halogenated alkanes) is 60. The molecule has 4 fully saturated rings. The summed E-state index contributed by atoms with van der Waals surface area (Å²) in [4.78, 5) is 59.2. The number of amides is 3. The fourth-order valence-electron chi connectivity index (χ4n) is 19.2. The third kappa shape index (κ3) is 53.2. The molecule has 754 valence electrons. The molecule has 4 aliphatic rings. The maximum atomic E-state index is 14.1. The Kier molecular flexibility index (Phi) is 71.2. The van der Waals surface area contributed by atoms with Gasteiger partial charge in [0.05, 0.1) is 31.3 Å². The van der Waals surface area contributed by atoms with Crippen molar-refractivity contribution in [2.24, 2.45) is 22.9 Å². The van der Waals surface area contributed by atoms with Gasteiger partial charge in [-0.2, -0.15) is 0 Å². The van der Waals surface area contributed by atoms with Crippen LogP contribution in [0.1, 0.15) is 471 Å². The maximum absolute atomic E-state index is 14.1. The molecule has 128 heavy (non-hydrogen) atoms. The van der Waals surface area contributed by atoms with Crippen LogP contribution in [-0.2, 0) is 47.6 Å². The number of carbonyl (C=O) groups excluding carboxylic acids is 4. The number of Topliss-reactive ketones (excluding diaryl/α,β-unsaturated/α-hetero) is 1. The van der Waals surface area contributed by atoms with Crippen LogP contribution in [-0.4, -0.2) is 231 Å². The van der Waals surface area contributed by atoms with Gasteiger partial charge in [0, 0.05) is 57.4 Å². The molecule has 0 aromatic rings. The molecule has 25 nitrogen and oxygen atoms in total. The summed E-state index contributed by atoms with van der Waals surface area (Å²) in [5, 5.41) is 85.0. The summed E-state index contributed by atoms with van der Waals surface area (Å²) in [5.74, 6) is -1.26. The number of aliphatic hydroxyl groups excluding tert-OH is 7. The van der Waals surface area contributed by atoms with Gasteiger partial charge < -0.3 is 103 Å². The quantitative estimate of drug-likeness (QED) is 0.0252. The van der Waals surface area contributed by atoms with Gasteiger partial charge >= 0.3 is 0 Å². The van der Waals surface area contributed by atoms with E-state index in [0.29, 0.717) is 13.1 Å². The smallest absolute Gasteiger partial charge is 0.223 e. The standard InChI is InChI=1S/C103H200N8O17/c1-5-9-13-17-21-25-29-33-37-41-45-49-53-57-61-65-73-110(74-66-62-58-54-50-46-42-38-34-30-26-22-18-14-10-6-2)79-81(113)69-70-86(114)108-78-84-92(118)93(119)89(106)101(123-84)126-98-85(80-112)124-103(96(98)122)127-99-91(117)82(104)77-83(105)97(99)125-102-90(107)94(120)95(121)100(128-102)109-87(115)71-72-88(116)111(75-67-63-59-55-51-47-43-39-35-31-27-23-19-15-11-7-3)76-68-64-60-56-52-48-44-40-36-32-28-24-20-16-12-8-4/h82-85,89-103,112,117-122H,5-80,104-107H2,1-4H3,(H,108,114)(H,109,115)/t82-,83?,84?,85-,89-,90?,91?,92-,93?,94-,95-,96?,97+,98+,99-,100?,101-,102-,103+/m1/s1. The predicted octanol–water partition coefficient (Wildman–Crippen LogP) is 17.7. The van der Waals surface area contributed by atoms with Crippen LogP contribution in [0.25, 0.3) is 0 Å². The molecule has 4 rings (SSSR count). The van der Waals surface area contributed by atoms with E-state index in [9.17, 15) is 54.9 Å². The van der Waals surface area contributed by atoms with Gasteiger partial charge in [0.2, 0.25) is 17.7 Å². The number of rotatable bonds is 86. The minimum Gasteiger partial charge on any atom is -0.394 e. The Labute approximate surface area is 779 Å². The summed E-state index contributed by atoms with van der Waals surface area (Å²) >= 11 is 0. The Morgan fingerprint density at radius 1 is 0.320 bits per heavy atom. The van der Waals surface area contributed by atoms with E-state index < -0.39 is 135 Å². The summed E-state index contributed by atoms with van der Waals surface area (Å²) in [6.07, 6.45) is 57.6. The zero-order valence-electron chi connectivity index (χ0n) is 82.1. The van der Waals surface area contributed by atoms with E-state index in [4.69, 9.17) is 51.4 Å². The Hall–Kier alpha value is -2.64. The minimum absolute atomic E-state index is 0.0142. The van der Waals surface area contributed by atoms with Gasteiger partial charge in [0.15, 0.2) is 25.1 Å². The molecule has 1 aliphatic carbocycles. The lowest BCUT2D eigenvalue weighted by Crippen LogP contribution is -2.69. The zero-order valence-corrected chi connectivity index (χ0v) is 82.1. The number of ketones is 1. The molecule has 0 spiro atoms. The molecule has 7 unspecified atom stereocenters. The second kappa shape index (κ2) is 77.4. The zero-order chi connectivity index (χ0) is 92.8. The van der Waals surface area contributed by atoms with E-state index in [2.05, 4.69) is 43.2 Å². The normalized spacial score (nSPS) is 25.5. The first kappa shape index (κ1) is 118. The van der Waals surface area contributed by atoms with Crippen LogP contribution in [0.15, 0.2) is 0 Å². The molecule has 19 atom stereocenters. The molecule has 1 saturated carbocycles. The van der Waals surface area contributed by atoms with E-state index in [1.54, 1.807) is 0 Å². The Bertz CT molecular complexity index is 2560. The maximum Gasteiger partial charge on any atom is 0.223 e. The van der Waals surface area contributed by atoms with Gasteiger partial charge in [-0.1, -0.05) is 413 Å². The first-order chi connectivity index (χ1) is 62.3. The van der Waals surface area contributed by atoms with Crippen molar-refractivity contribution >= 4 is 23.5 Å². The first-order valence-electron chi connectivity index (χ1n) is 54.0. The van der Waals surface area contributed by atoms with E-state index in [1.807, 2.05) is 4.90 Å². The van der Waals surface area contributed by atoms with Crippen molar-refractivity contribution in [1.82, 2.24) is 20.4 Å². The Morgan fingerprint density at radius 2 is 0.633 bits per heavy atom. The second-order valence-electron chi connectivity index (χ2n) is 39.4. The number of nitrogens with one attached hydrogen (secondary N) is 2. The van der Waals surface area contributed by atoms with Crippen molar-refractivity contribution in [3.8, 4) is 0 Å². The van der Waals surface area contributed by atoms with Gasteiger partial charge in [-0.3, -0.25) is 24.1 Å². The van der Waals surface area contributed by atoms with Gasteiger partial charge in [0.1, 0.15) is 66.8 Å². The number of nitrogens with zero attached hydrogens (tertiary/aromatic N) is 2. The van der Waals surface area contributed by atoms with Crippen LogP contribution in [0.3, 0.4) is 0 Å². The molecule has 17 N–H and O–H groups in total. The highest BCUT2D eigenvalue weighted by Gasteiger charge is 2.55. The molecular weight excluding hydrogens is 1620 g/mol. The third-order valence-corrected chi connectivity index (χ3v) is 27.8. The molecule has 0 aromatic heterocycles. The number of hydrogen-bond acceptors (Lipinski definition) is 22. The van der Waals surface area contributed by atoms with Gasteiger partial charge in [-0.15, -0.1) is 0 Å². The van der Waals surface area contributed by atoms with Gasteiger partial charge in [0.25, 0.3) is 0 Å². The lowest BCUT2D eigenvalue weighted by atomic mass is 9.84. The number of carbonyl (C=O) groups is 4. The van der Waals surface area contributed by atoms with Crippen molar-refractivity contribution in [3.05, 3.63) is 0 Å². The van der Waals surface area contributed by atoms with Crippen LogP contribution in [0, 0.1) is 0 Å². The van der Waals surface area contributed by atoms with Crippen molar-refractivity contribution in [1.29, 1.82) is 0 Å². The first-order valence-corrected chi connectivity index (χ1v) is 54.0. The summed E-state index contributed by atoms with van der Waals surface area (Å²) in [6.45, 7) is 11.2. The molecule has 0 radical (unpaired) electrons. The molecule has 25 heteroatoms. The lowest BCUT2D eigenvalue weighted by molar-refractivity contribution is -0.310. The topological polar surface area (TPSA) is 400 Å². The van der Waals surface area contributed by atoms with E-state index in [-0.39, 0.29) is 56.9 Å². The molecule has 3 heterocycles. The van der Waals surface area contributed by atoms with E-state index >= 15 is 0 Å². The van der Waals surface area contributed by atoms with E-state index in [0.717, 1.165) is 77.3 Å². The third-order valence-electron chi connectivity index (χ3n) is 27.8. The van der Waals surface area contributed by atoms with Crippen LogP contribution in [0.4, 0.5) is 0 Å². The fourth-order valence-corrected chi connectivity index (χ4v) is 19.2. The van der Waals surface area contributed by atoms with Crippen molar-refractivity contribution < 1.29 is 83.3 Å². The molecule has 0 bridgehead atoms. The second-order valence-corrected chi connectivity index (χ2v) is 39.4. The minimum atomic E-state index is -1.77. The largest absolute Gasteiger partial charge is 0.394 e. The summed E-state index contributed by atoms with van der Waals surface area (Å²) in [6, 6.07) is -4.89.